The Balaban J connectivity index is 1.86. The van der Waals surface area contributed by atoms with E-state index in [0.29, 0.717) is 26.2 Å². The zero-order valence-electron chi connectivity index (χ0n) is 16.7. The molecule has 0 N–H and O–H groups in total. The molecule has 9 heteroatoms. The van der Waals surface area contributed by atoms with Gasteiger partial charge in [0.1, 0.15) is 0 Å². The third kappa shape index (κ3) is 4.01. The second-order valence-corrected chi connectivity index (χ2v) is 9.15. The Labute approximate surface area is 161 Å². The predicted octanol–water partition coefficient (Wildman–Crippen LogP) is 1.37. The van der Waals surface area contributed by atoms with Gasteiger partial charge in [0.15, 0.2) is 5.65 Å². The fourth-order valence-electron chi connectivity index (χ4n) is 3.66. The van der Waals surface area contributed by atoms with Crippen LogP contribution in [0.5, 0.6) is 0 Å². The summed E-state index contributed by atoms with van der Waals surface area (Å²) >= 11 is 0. The van der Waals surface area contributed by atoms with Gasteiger partial charge in [-0.05, 0) is 32.6 Å². The summed E-state index contributed by atoms with van der Waals surface area (Å²) in [5.41, 5.74) is 1.84. The minimum Gasteiger partial charge on any atom is -0.308 e. The summed E-state index contributed by atoms with van der Waals surface area (Å²) < 4.78 is 30.7. The standard InChI is InChI=1S/C18H30N6O2S/c1-5-22(6-2)27(25,26)23-11-9-15(14-23)17-16-8-7-10-19-18(16)24(20-17)13-12-21(3)4/h7-8,10,15H,5-6,9,11-14H2,1-4H3. The molecule has 8 nitrogen and oxygen atoms in total. The molecule has 150 valence electrons. The average Bonchev–Trinajstić information content (AvgIpc) is 3.26. The molecule has 1 unspecified atom stereocenters. The summed E-state index contributed by atoms with van der Waals surface area (Å²) in [5.74, 6) is 0.0997. The van der Waals surface area contributed by atoms with Crippen molar-refractivity contribution in [2.24, 2.45) is 0 Å². The van der Waals surface area contributed by atoms with Crippen LogP contribution in [0.25, 0.3) is 11.0 Å². The Bertz CT molecular complexity index is 875. The zero-order chi connectivity index (χ0) is 19.6. The van der Waals surface area contributed by atoms with E-state index in [-0.39, 0.29) is 5.92 Å². The molecule has 2 aromatic rings. The monoisotopic (exact) mass is 394 g/mol. The molecule has 3 heterocycles. The van der Waals surface area contributed by atoms with Crippen molar-refractivity contribution in [2.75, 3.05) is 46.8 Å². The van der Waals surface area contributed by atoms with Gasteiger partial charge in [-0.2, -0.15) is 22.1 Å². The van der Waals surface area contributed by atoms with Crippen LogP contribution in [-0.2, 0) is 16.8 Å². The Morgan fingerprint density at radius 1 is 1.26 bits per heavy atom. The first-order valence-corrected chi connectivity index (χ1v) is 11.0. The molecular formula is C18H30N6O2S. The predicted molar refractivity (Wildman–Crippen MR) is 107 cm³/mol. The highest BCUT2D eigenvalue weighted by atomic mass is 32.2. The fraction of sp³-hybridized carbons (Fsp3) is 0.667. The first kappa shape index (κ1) is 20.2. The van der Waals surface area contributed by atoms with E-state index < -0.39 is 10.2 Å². The molecule has 0 radical (unpaired) electrons. The Morgan fingerprint density at radius 3 is 2.67 bits per heavy atom. The number of hydrogen-bond acceptors (Lipinski definition) is 5. The molecule has 27 heavy (non-hydrogen) atoms. The summed E-state index contributed by atoms with van der Waals surface area (Å²) in [7, 11) is 0.669. The van der Waals surface area contributed by atoms with Crippen LogP contribution >= 0.6 is 0 Å². The average molecular weight is 395 g/mol. The van der Waals surface area contributed by atoms with Crippen molar-refractivity contribution in [1.29, 1.82) is 0 Å². The van der Waals surface area contributed by atoms with Crippen LogP contribution in [0, 0.1) is 0 Å². The maximum Gasteiger partial charge on any atom is 0.281 e. The summed E-state index contributed by atoms with van der Waals surface area (Å²) in [6.07, 6.45) is 2.57. The SMILES string of the molecule is CCN(CC)S(=O)(=O)N1CCC(c2nn(CCN(C)C)c3ncccc23)C1. The van der Waals surface area contributed by atoms with Crippen molar-refractivity contribution in [3.05, 3.63) is 24.0 Å². The molecule has 0 aromatic carbocycles. The van der Waals surface area contributed by atoms with Gasteiger partial charge in [-0.15, -0.1) is 0 Å². The van der Waals surface area contributed by atoms with Crippen LogP contribution in [0.4, 0.5) is 0 Å². The highest BCUT2D eigenvalue weighted by Gasteiger charge is 2.36. The molecule has 0 saturated carbocycles. The van der Waals surface area contributed by atoms with E-state index >= 15 is 0 Å². The highest BCUT2D eigenvalue weighted by molar-refractivity contribution is 7.86. The first-order chi connectivity index (χ1) is 12.9. The van der Waals surface area contributed by atoms with Gasteiger partial charge in [-0.1, -0.05) is 13.8 Å². The van der Waals surface area contributed by atoms with E-state index in [2.05, 4.69) is 9.88 Å². The van der Waals surface area contributed by atoms with E-state index in [1.54, 1.807) is 10.5 Å². The van der Waals surface area contributed by atoms with Crippen LogP contribution in [0.2, 0.25) is 0 Å². The van der Waals surface area contributed by atoms with Crippen LogP contribution in [-0.4, -0.2) is 83.5 Å². The van der Waals surface area contributed by atoms with Gasteiger partial charge in [0.25, 0.3) is 10.2 Å². The molecule has 1 aliphatic rings. The van der Waals surface area contributed by atoms with Crippen LogP contribution in [0.3, 0.4) is 0 Å². The van der Waals surface area contributed by atoms with Crippen molar-refractivity contribution >= 4 is 21.2 Å². The number of likely N-dealkylation sites (N-methyl/N-ethyl adjacent to an activating group) is 1. The lowest BCUT2D eigenvalue weighted by atomic mass is 10.0. The largest absolute Gasteiger partial charge is 0.308 e. The van der Waals surface area contributed by atoms with Crippen LogP contribution in [0.1, 0.15) is 31.9 Å². The van der Waals surface area contributed by atoms with E-state index in [1.807, 2.05) is 44.8 Å². The normalized spacial score (nSPS) is 19.0. The number of rotatable bonds is 8. The van der Waals surface area contributed by atoms with Crippen molar-refractivity contribution < 1.29 is 8.42 Å². The van der Waals surface area contributed by atoms with Gasteiger partial charge in [-0.25, -0.2) is 9.67 Å². The molecule has 1 fully saturated rings. The second-order valence-electron chi connectivity index (χ2n) is 7.22. The smallest absolute Gasteiger partial charge is 0.281 e. The first-order valence-electron chi connectivity index (χ1n) is 9.59. The lowest BCUT2D eigenvalue weighted by Gasteiger charge is -2.25. The van der Waals surface area contributed by atoms with E-state index in [4.69, 9.17) is 5.10 Å². The molecule has 3 rings (SSSR count). The van der Waals surface area contributed by atoms with Crippen molar-refractivity contribution in [3.8, 4) is 0 Å². The van der Waals surface area contributed by atoms with Gasteiger partial charge < -0.3 is 4.90 Å². The molecule has 0 spiro atoms. The molecule has 2 aromatic heterocycles. The van der Waals surface area contributed by atoms with Crippen molar-refractivity contribution in [2.45, 2.75) is 32.7 Å². The molecule has 1 atom stereocenters. The van der Waals surface area contributed by atoms with Gasteiger partial charge >= 0.3 is 0 Å². The number of fused-ring (bicyclic) bond motifs is 1. The van der Waals surface area contributed by atoms with Crippen molar-refractivity contribution in [1.82, 2.24) is 28.3 Å². The molecule has 1 saturated heterocycles. The van der Waals surface area contributed by atoms with Gasteiger partial charge in [0.2, 0.25) is 0 Å². The Morgan fingerprint density at radius 2 is 2.00 bits per heavy atom. The summed E-state index contributed by atoms with van der Waals surface area (Å²) in [4.78, 5) is 6.63. The molecule has 1 aliphatic heterocycles. The van der Waals surface area contributed by atoms with Crippen molar-refractivity contribution in [3.63, 3.8) is 0 Å². The maximum atomic E-state index is 12.8. The highest BCUT2D eigenvalue weighted by Crippen LogP contribution is 2.33. The fourth-order valence-corrected chi connectivity index (χ4v) is 5.34. The molecule has 0 amide bonds. The van der Waals surface area contributed by atoms with E-state index in [1.165, 1.54) is 4.31 Å². The van der Waals surface area contributed by atoms with E-state index in [0.717, 1.165) is 36.2 Å². The minimum atomic E-state index is -3.40. The Hall–Kier alpha value is -1.55. The lowest BCUT2D eigenvalue weighted by Crippen LogP contribution is -2.42. The summed E-state index contributed by atoms with van der Waals surface area (Å²) in [6, 6.07) is 3.96. The maximum absolute atomic E-state index is 12.8. The summed E-state index contributed by atoms with van der Waals surface area (Å²) in [5, 5.41) is 5.87. The Kier molecular flexibility index (Phi) is 6.15. The van der Waals surface area contributed by atoms with E-state index in [9.17, 15) is 8.42 Å². The topological polar surface area (TPSA) is 74.6 Å². The second kappa shape index (κ2) is 8.22. The number of nitrogens with zero attached hydrogens (tertiary/aromatic N) is 6. The van der Waals surface area contributed by atoms with Gasteiger partial charge in [0, 0.05) is 50.2 Å². The molecule has 0 aliphatic carbocycles. The molecular weight excluding hydrogens is 364 g/mol. The van der Waals surface area contributed by atoms with Gasteiger partial charge in [-0.3, -0.25) is 0 Å². The lowest BCUT2D eigenvalue weighted by molar-refractivity contribution is 0.373. The quantitative estimate of drug-likeness (QED) is 0.676. The minimum absolute atomic E-state index is 0.0997. The third-order valence-electron chi connectivity index (χ3n) is 5.19. The number of pyridine rings is 1. The van der Waals surface area contributed by atoms with Crippen LogP contribution < -0.4 is 0 Å². The third-order valence-corrected chi connectivity index (χ3v) is 7.34. The number of hydrogen-bond donors (Lipinski definition) is 0. The molecule has 0 bridgehead atoms. The number of aromatic nitrogens is 3. The van der Waals surface area contributed by atoms with Crippen LogP contribution in [0.15, 0.2) is 18.3 Å². The summed E-state index contributed by atoms with van der Waals surface area (Å²) in [6.45, 7) is 7.39. The zero-order valence-corrected chi connectivity index (χ0v) is 17.5. The van der Waals surface area contributed by atoms with Gasteiger partial charge in [0.05, 0.1) is 12.2 Å².